The van der Waals surface area contributed by atoms with Crippen molar-refractivity contribution in [2.45, 2.75) is 18.2 Å². The Morgan fingerprint density at radius 2 is 2.04 bits per heavy atom. The number of hydrogen-bond acceptors (Lipinski definition) is 6. The van der Waals surface area contributed by atoms with Crippen LogP contribution in [0.2, 0.25) is 0 Å². The summed E-state index contributed by atoms with van der Waals surface area (Å²) in [6.45, 7) is 4.02. The van der Waals surface area contributed by atoms with Gasteiger partial charge < -0.3 is 5.32 Å². The summed E-state index contributed by atoms with van der Waals surface area (Å²) in [6.07, 6.45) is 0. The van der Waals surface area contributed by atoms with E-state index in [1.807, 2.05) is 32.0 Å². The number of anilines is 1. The molecule has 2 aromatic carbocycles. The van der Waals surface area contributed by atoms with Crippen LogP contribution in [0.25, 0.3) is 10.2 Å². The number of benzene rings is 2. The first-order chi connectivity index (χ1) is 11.9. The summed E-state index contributed by atoms with van der Waals surface area (Å²) in [6, 6.07) is 10.4. The highest BCUT2D eigenvalue weighted by molar-refractivity contribution is 8.01. The summed E-state index contributed by atoms with van der Waals surface area (Å²) in [5.74, 6) is 0.118. The van der Waals surface area contributed by atoms with E-state index in [0.717, 1.165) is 16.0 Å². The standard InChI is InChI=1S/C17H15N3O3S2/c1-10-3-4-12(7-11(10)2)18-16(21)9-24-17-19-14-6-5-13(20(22)23)8-15(14)25-17/h3-8H,9H2,1-2H3,(H,18,21). The third-order valence-corrected chi connectivity index (χ3v) is 5.84. The normalized spacial score (nSPS) is 10.8. The topological polar surface area (TPSA) is 85.1 Å². The molecule has 3 rings (SSSR count). The maximum absolute atomic E-state index is 12.1. The smallest absolute Gasteiger partial charge is 0.270 e. The number of non-ortho nitro benzene ring substituents is 1. The summed E-state index contributed by atoms with van der Waals surface area (Å²) in [5, 5.41) is 13.7. The van der Waals surface area contributed by atoms with Gasteiger partial charge in [-0.15, -0.1) is 11.3 Å². The average molecular weight is 373 g/mol. The molecule has 6 nitrogen and oxygen atoms in total. The second-order valence-corrected chi connectivity index (χ2v) is 7.78. The maximum Gasteiger partial charge on any atom is 0.270 e. The Hall–Kier alpha value is -2.45. The highest BCUT2D eigenvalue weighted by Gasteiger charge is 2.12. The van der Waals surface area contributed by atoms with Crippen LogP contribution in [0.3, 0.4) is 0 Å². The lowest BCUT2D eigenvalue weighted by atomic mass is 10.1. The van der Waals surface area contributed by atoms with E-state index in [0.29, 0.717) is 9.86 Å². The van der Waals surface area contributed by atoms with E-state index >= 15 is 0 Å². The van der Waals surface area contributed by atoms with Gasteiger partial charge >= 0.3 is 0 Å². The summed E-state index contributed by atoms with van der Waals surface area (Å²) in [7, 11) is 0. The first kappa shape index (κ1) is 17.4. The van der Waals surface area contributed by atoms with Crippen LogP contribution in [0.5, 0.6) is 0 Å². The molecule has 1 heterocycles. The molecule has 0 radical (unpaired) electrons. The number of aromatic nitrogens is 1. The van der Waals surface area contributed by atoms with Crippen LogP contribution >= 0.6 is 23.1 Å². The molecule has 0 saturated heterocycles. The van der Waals surface area contributed by atoms with Gasteiger partial charge in [0.25, 0.3) is 5.69 Å². The number of thioether (sulfide) groups is 1. The molecule has 128 valence electrons. The molecule has 1 N–H and O–H groups in total. The van der Waals surface area contributed by atoms with Gasteiger partial charge in [0.05, 0.1) is 20.9 Å². The molecule has 1 aromatic heterocycles. The molecule has 0 bridgehead atoms. The number of nitro groups is 1. The Labute approximate surface area is 152 Å². The molecular formula is C17H15N3O3S2. The largest absolute Gasteiger partial charge is 0.325 e. The number of nitro benzene ring substituents is 1. The third-order valence-electron chi connectivity index (χ3n) is 3.68. The van der Waals surface area contributed by atoms with E-state index in [1.165, 1.54) is 40.8 Å². The zero-order valence-corrected chi connectivity index (χ0v) is 15.2. The van der Waals surface area contributed by atoms with Gasteiger partial charge in [-0.3, -0.25) is 14.9 Å². The highest BCUT2D eigenvalue weighted by atomic mass is 32.2. The van der Waals surface area contributed by atoms with Crippen LogP contribution in [0.1, 0.15) is 11.1 Å². The molecule has 0 saturated carbocycles. The van der Waals surface area contributed by atoms with Gasteiger partial charge in [0.1, 0.15) is 0 Å². The van der Waals surface area contributed by atoms with Gasteiger partial charge in [-0.2, -0.15) is 0 Å². The maximum atomic E-state index is 12.1. The van der Waals surface area contributed by atoms with E-state index in [4.69, 9.17) is 0 Å². The number of fused-ring (bicyclic) bond motifs is 1. The monoisotopic (exact) mass is 373 g/mol. The number of nitrogens with one attached hydrogen (secondary N) is 1. The lowest BCUT2D eigenvalue weighted by molar-refractivity contribution is -0.384. The Morgan fingerprint density at radius 3 is 2.76 bits per heavy atom. The van der Waals surface area contributed by atoms with Crippen LogP contribution in [-0.4, -0.2) is 21.6 Å². The molecule has 0 aliphatic heterocycles. The van der Waals surface area contributed by atoms with Crippen molar-refractivity contribution in [3.05, 3.63) is 57.6 Å². The molecule has 0 unspecified atom stereocenters. The minimum Gasteiger partial charge on any atom is -0.325 e. The number of amides is 1. The van der Waals surface area contributed by atoms with Crippen molar-refractivity contribution in [1.82, 2.24) is 4.98 Å². The predicted molar refractivity (Wildman–Crippen MR) is 102 cm³/mol. The minimum absolute atomic E-state index is 0.0418. The van der Waals surface area contributed by atoms with Crippen molar-refractivity contribution in [3.63, 3.8) is 0 Å². The first-order valence-electron chi connectivity index (χ1n) is 7.47. The average Bonchev–Trinajstić information content (AvgIpc) is 2.98. The van der Waals surface area contributed by atoms with E-state index < -0.39 is 4.92 Å². The Morgan fingerprint density at radius 1 is 1.24 bits per heavy atom. The van der Waals surface area contributed by atoms with E-state index in [9.17, 15) is 14.9 Å². The van der Waals surface area contributed by atoms with Crippen molar-refractivity contribution in [3.8, 4) is 0 Å². The molecule has 25 heavy (non-hydrogen) atoms. The third kappa shape index (κ3) is 4.15. The second kappa shape index (κ2) is 7.20. The summed E-state index contributed by atoms with van der Waals surface area (Å²) >= 11 is 2.67. The minimum atomic E-state index is -0.428. The lowest BCUT2D eigenvalue weighted by Crippen LogP contribution is -2.14. The van der Waals surface area contributed by atoms with Gasteiger partial charge in [0, 0.05) is 17.8 Å². The first-order valence-corrected chi connectivity index (χ1v) is 9.27. The summed E-state index contributed by atoms with van der Waals surface area (Å²) in [4.78, 5) is 26.9. The van der Waals surface area contributed by atoms with Crippen molar-refractivity contribution in [2.75, 3.05) is 11.1 Å². The van der Waals surface area contributed by atoms with Crippen LogP contribution in [0.15, 0.2) is 40.7 Å². The number of carbonyl (C=O) groups is 1. The molecule has 8 heteroatoms. The van der Waals surface area contributed by atoms with Crippen LogP contribution < -0.4 is 5.32 Å². The van der Waals surface area contributed by atoms with E-state index in [-0.39, 0.29) is 17.3 Å². The van der Waals surface area contributed by atoms with Crippen LogP contribution in [-0.2, 0) is 4.79 Å². The van der Waals surface area contributed by atoms with E-state index in [2.05, 4.69) is 10.3 Å². The highest BCUT2D eigenvalue weighted by Crippen LogP contribution is 2.31. The summed E-state index contributed by atoms with van der Waals surface area (Å²) < 4.78 is 1.46. The quantitative estimate of drug-likeness (QED) is 0.403. The van der Waals surface area contributed by atoms with Gasteiger partial charge in [-0.1, -0.05) is 17.8 Å². The Bertz CT molecular complexity index is 969. The molecule has 0 aliphatic rings. The second-order valence-electron chi connectivity index (χ2n) is 5.52. The molecule has 1 amide bonds. The van der Waals surface area contributed by atoms with Crippen molar-refractivity contribution >= 4 is 50.6 Å². The number of hydrogen-bond donors (Lipinski definition) is 1. The number of rotatable bonds is 5. The SMILES string of the molecule is Cc1ccc(NC(=O)CSc2nc3ccc([N+](=O)[O-])cc3s2)cc1C. The predicted octanol–water partition coefficient (Wildman–Crippen LogP) is 4.55. The molecule has 0 fully saturated rings. The fraction of sp³-hybridized carbons (Fsp3) is 0.176. The van der Waals surface area contributed by atoms with Gasteiger partial charge in [0.2, 0.25) is 5.91 Å². The number of aryl methyl sites for hydroxylation is 2. The molecule has 0 spiro atoms. The van der Waals surface area contributed by atoms with Crippen molar-refractivity contribution in [1.29, 1.82) is 0 Å². The number of carbonyl (C=O) groups excluding carboxylic acids is 1. The zero-order chi connectivity index (χ0) is 18.0. The number of thiazole rings is 1. The van der Waals surface area contributed by atoms with Crippen molar-refractivity contribution in [2.24, 2.45) is 0 Å². The van der Waals surface area contributed by atoms with Crippen LogP contribution in [0, 0.1) is 24.0 Å². The number of nitrogens with zero attached hydrogens (tertiary/aromatic N) is 2. The lowest BCUT2D eigenvalue weighted by Gasteiger charge is -2.06. The zero-order valence-electron chi connectivity index (χ0n) is 13.6. The fourth-order valence-electron chi connectivity index (χ4n) is 2.21. The van der Waals surface area contributed by atoms with Crippen LogP contribution in [0.4, 0.5) is 11.4 Å². The Balaban J connectivity index is 1.64. The summed E-state index contributed by atoms with van der Waals surface area (Å²) in [5.41, 5.74) is 3.82. The molecular weight excluding hydrogens is 358 g/mol. The van der Waals surface area contributed by atoms with Gasteiger partial charge in [-0.25, -0.2) is 4.98 Å². The van der Waals surface area contributed by atoms with E-state index in [1.54, 1.807) is 6.07 Å². The molecule has 0 atom stereocenters. The van der Waals surface area contributed by atoms with Gasteiger partial charge in [0.15, 0.2) is 4.34 Å². The molecule has 0 aliphatic carbocycles. The van der Waals surface area contributed by atoms with Gasteiger partial charge in [-0.05, 0) is 43.2 Å². The Kier molecular flexibility index (Phi) is 5.00. The van der Waals surface area contributed by atoms with Crippen molar-refractivity contribution < 1.29 is 9.72 Å². The molecule has 3 aromatic rings. The fourth-order valence-corrected chi connectivity index (χ4v) is 4.11.